The molecule has 0 radical (unpaired) electrons. The number of hydrogen-bond acceptors (Lipinski definition) is 4. The molecule has 2 heterocycles. The average Bonchev–Trinajstić information content (AvgIpc) is 2.29. The van der Waals surface area contributed by atoms with Crippen LogP contribution in [0.25, 0.3) is 11.4 Å². The van der Waals surface area contributed by atoms with E-state index in [0.717, 1.165) is 11.3 Å². The third-order valence-corrected chi connectivity index (χ3v) is 1.91. The van der Waals surface area contributed by atoms with Crippen LogP contribution in [-0.4, -0.2) is 21.2 Å². The van der Waals surface area contributed by atoms with Crippen LogP contribution in [0.15, 0.2) is 30.6 Å². The maximum absolute atomic E-state index is 10.6. The van der Waals surface area contributed by atoms with E-state index in [9.17, 15) is 4.79 Å². The zero-order chi connectivity index (χ0) is 10.7. The maximum atomic E-state index is 10.6. The van der Waals surface area contributed by atoms with Crippen molar-refractivity contribution < 1.29 is 4.79 Å². The van der Waals surface area contributed by atoms with Gasteiger partial charge in [0.1, 0.15) is 5.69 Å². The fraction of sp³-hybridized carbons (Fsp3) is 0.0909. The molecule has 2 rings (SSSR count). The summed E-state index contributed by atoms with van der Waals surface area (Å²) in [7, 11) is 0. The lowest BCUT2D eigenvalue weighted by molar-refractivity contribution is 0.111. The van der Waals surface area contributed by atoms with Crippen LogP contribution in [0.2, 0.25) is 0 Å². The van der Waals surface area contributed by atoms with E-state index in [1.807, 2.05) is 19.1 Å². The molecule has 2 aromatic heterocycles. The second-order valence-corrected chi connectivity index (χ2v) is 3.12. The van der Waals surface area contributed by atoms with Crippen LogP contribution in [0.3, 0.4) is 0 Å². The molecule has 0 unspecified atom stereocenters. The van der Waals surface area contributed by atoms with Crippen LogP contribution < -0.4 is 0 Å². The lowest BCUT2D eigenvalue weighted by Gasteiger charge is -2.01. The maximum Gasteiger partial charge on any atom is 0.168 e. The lowest BCUT2D eigenvalue weighted by Crippen LogP contribution is -1.96. The molecule has 0 fully saturated rings. The van der Waals surface area contributed by atoms with Gasteiger partial charge in [0.25, 0.3) is 0 Å². The fourth-order valence-electron chi connectivity index (χ4n) is 1.28. The Labute approximate surface area is 87.0 Å². The van der Waals surface area contributed by atoms with Crippen LogP contribution in [0, 0.1) is 6.92 Å². The van der Waals surface area contributed by atoms with Crippen molar-refractivity contribution in [3.63, 3.8) is 0 Å². The van der Waals surface area contributed by atoms with E-state index in [4.69, 9.17) is 0 Å². The third kappa shape index (κ3) is 2.04. The number of carbonyl (C=O) groups is 1. The first-order valence-corrected chi connectivity index (χ1v) is 4.51. The molecule has 74 valence electrons. The van der Waals surface area contributed by atoms with Crippen molar-refractivity contribution in [2.24, 2.45) is 0 Å². The minimum Gasteiger partial charge on any atom is -0.296 e. The minimum atomic E-state index is 0.390. The van der Waals surface area contributed by atoms with Gasteiger partial charge in [0.15, 0.2) is 12.1 Å². The molecule has 0 saturated carbocycles. The Kier molecular flexibility index (Phi) is 2.49. The van der Waals surface area contributed by atoms with Gasteiger partial charge >= 0.3 is 0 Å². The number of nitrogens with zero attached hydrogens (tertiary/aromatic N) is 3. The molecule has 0 aliphatic heterocycles. The van der Waals surface area contributed by atoms with Crippen LogP contribution >= 0.6 is 0 Å². The number of aryl methyl sites for hydroxylation is 1. The molecular weight excluding hydrogens is 190 g/mol. The Balaban J connectivity index is 2.53. The summed E-state index contributed by atoms with van der Waals surface area (Å²) < 4.78 is 0. The summed E-state index contributed by atoms with van der Waals surface area (Å²) in [5, 5.41) is 0. The summed E-state index contributed by atoms with van der Waals surface area (Å²) >= 11 is 0. The number of aromatic nitrogens is 3. The van der Waals surface area contributed by atoms with Crippen molar-refractivity contribution in [1.82, 2.24) is 15.0 Å². The van der Waals surface area contributed by atoms with Gasteiger partial charge in [0.2, 0.25) is 0 Å². The summed E-state index contributed by atoms with van der Waals surface area (Å²) in [6.45, 7) is 1.83. The predicted molar refractivity (Wildman–Crippen MR) is 55.4 cm³/mol. The number of pyridine rings is 1. The minimum absolute atomic E-state index is 0.390. The van der Waals surface area contributed by atoms with Gasteiger partial charge in [0, 0.05) is 23.7 Å². The second-order valence-electron chi connectivity index (χ2n) is 3.12. The Hall–Kier alpha value is -2.10. The van der Waals surface area contributed by atoms with E-state index in [1.165, 1.54) is 0 Å². The molecule has 0 N–H and O–H groups in total. The van der Waals surface area contributed by atoms with Gasteiger partial charge < -0.3 is 0 Å². The molecule has 4 heteroatoms. The Bertz CT molecular complexity index is 482. The molecule has 15 heavy (non-hydrogen) atoms. The van der Waals surface area contributed by atoms with Crippen LogP contribution in [0.5, 0.6) is 0 Å². The third-order valence-electron chi connectivity index (χ3n) is 1.91. The van der Waals surface area contributed by atoms with Gasteiger partial charge in [-0.2, -0.15) is 0 Å². The summed E-state index contributed by atoms with van der Waals surface area (Å²) in [5.41, 5.74) is 1.97. The van der Waals surface area contributed by atoms with E-state index >= 15 is 0 Å². The molecule has 0 aliphatic carbocycles. The highest BCUT2D eigenvalue weighted by Gasteiger charge is 2.03. The second kappa shape index (κ2) is 3.96. The Morgan fingerprint density at radius 1 is 1.33 bits per heavy atom. The quantitative estimate of drug-likeness (QED) is 0.690. The van der Waals surface area contributed by atoms with E-state index < -0.39 is 0 Å². The summed E-state index contributed by atoms with van der Waals surface area (Å²) in [4.78, 5) is 23.0. The van der Waals surface area contributed by atoms with Gasteiger partial charge in [-0.15, -0.1) is 0 Å². The monoisotopic (exact) mass is 199 g/mol. The molecule has 4 nitrogen and oxygen atoms in total. The van der Waals surface area contributed by atoms with Crippen LogP contribution in [0.1, 0.15) is 16.2 Å². The van der Waals surface area contributed by atoms with E-state index in [2.05, 4.69) is 15.0 Å². The summed E-state index contributed by atoms with van der Waals surface area (Å²) in [6, 6.07) is 5.31. The highest BCUT2D eigenvalue weighted by atomic mass is 16.1. The highest BCUT2D eigenvalue weighted by molar-refractivity contribution is 5.73. The molecule has 0 atom stereocenters. The molecule has 0 bridgehead atoms. The lowest BCUT2D eigenvalue weighted by atomic mass is 10.2. The Morgan fingerprint density at radius 3 is 2.87 bits per heavy atom. The number of rotatable bonds is 2. The predicted octanol–water partition coefficient (Wildman–Crippen LogP) is 1.66. The largest absolute Gasteiger partial charge is 0.296 e. The van der Waals surface area contributed by atoms with Crippen molar-refractivity contribution in [2.75, 3.05) is 0 Å². The van der Waals surface area contributed by atoms with Gasteiger partial charge in [-0.05, 0) is 25.1 Å². The molecule has 0 saturated heterocycles. The van der Waals surface area contributed by atoms with Gasteiger partial charge in [-0.1, -0.05) is 0 Å². The van der Waals surface area contributed by atoms with Crippen LogP contribution in [-0.2, 0) is 0 Å². The normalized spacial score (nSPS) is 9.93. The number of hydrogen-bond donors (Lipinski definition) is 0. The first-order valence-electron chi connectivity index (χ1n) is 4.51. The van der Waals surface area contributed by atoms with Crippen molar-refractivity contribution in [1.29, 1.82) is 0 Å². The smallest absolute Gasteiger partial charge is 0.168 e. The van der Waals surface area contributed by atoms with Gasteiger partial charge in [-0.25, -0.2) is 9.97 Å². The van der Waals surface area contributed by atoms with E-state index in [-0.39, 0.29) is 0 Å². The molecule has 0 amide bonds. The standard InChI is InChI=1S/C11H9N3O/c1-8-5-10(7-15)14-11(13-8)9-3-2-4-12-6-9/h2-7H,1H3. The highest BCUT2D eigenvalue weighted by Crippen LogP contribution is 2.13. The van der Waals surface area contributed by atoms with E-state index in [1.54, 1.807) is 18.5 Å². The van der Waals surface area contributed by atoms with Crippen molar-refractivity contribution in [3.8, 4) is 11.4 Å². The molecule has 0 aromatic carbocycles. The number of aldehydes is 1. The first kappa shape index (κ1) is 9.45. The summed E-state index contributed by atoms with van der Waals surface area (Å²) in [6.07, 6.45) is 4.07. The van der Waals surface area contributed by atoms with E-state index in [0.29, 0.717) is 17.8 Å². The van der Waals surface area contributed by atoms with Crippen LogP contribution in [0.4, 0.5) is 0 Å². The SMILES string of the molecule is Cc1cc(C=O)nc(-c2cccnc2)n1. The van der Waals surface area contributed by atoms with Gasteiger partial charge in [-0.3, -0.25) is 9.78 Å². The van der Waals surface area contributed by atoms with Gasteiger partial charge in [0.05, 0.1) is 0 Å². The molecule has 0 spiro atoms. The first-order chi connectivity index (χ1) is 7.29. The Morgan fingerprint density at radius 2 is 2.20 bits per heavy atom. The topological polar surface area (TPSA) is 55.7 Å². The van der Waals surface area contributed by atoms with Crippen molar-refractivity contribution in [2.45, 2.75) is 6.92 Å². The van der Waals surface area contributed by atoms with Crippen molar-refractivity contribution in [3.05, 3.63) is 42.0 Å². The zero-order valence-electron chi connectivity index (χ0n) is 8.21. The van der Waals surface area contributed by atoms with Crippen molar-refractivity contribution >= 4 is 6.29 Å². The number of carbonyl (C=O) groups excluding carboxylic acids is 1. The summed E-state index contributed by atoms with van der Waals surface area (Å²) in [5.74, 6) is 0.533. The zero-order valence-corrected chi connectivity index (χ0v) is 8.21. The molecule has 2 aromatic rings. The fourth-order valence-corrected chi connectivity index (χ4v) is 1.28. The molecular formula is C11H9N3O. The molecule has 0 aliphatic rings. The average molecular weight is 199 g/mol.